The van der Waals surface area contributed by atoms with Crippen LogP contribution in [0.1, 0.15) is 6.42 Å². The molecule has 1 N–H and O–H groups in total. The number of hydrogen-bond acceptors (Lipinski definition) is 1. The Hall–Kier alpha value is -0.0500. The molecule has 68 valence electrons. The summed E-state index contributed by atoms with van der Waals surface area (Å²) in [7, 11) is 4.22. The minimum atomic E-state index is 0. The van der Waals surface area contributed by atoms with Crippen molar-refractivity contribution < 1.29 is 22.0 Å². The van der Waals surface area contributed by atoms with Crippen LogP contribution in [0.15, 0.2) is 12.7 Å². The number of aliphatic hydroxyl groups is 1. The molecule has 0 unspecified atom stereocenters. The molecule has 3 heteroatoms. The third kappa shape index (κ3) is 7.85. The molecule has 0 spiro atoms. The zero-order valence-electron chi connectivity index (χ0n) is 7.39. The van der Waals surface area contributed by atoms with Crippen molar-refractivity contribution in [2.75, 3.05) is 33.8 Å². The fourth-order valence-corrected chi connectivity index (χ4v) is 0.823. The zero-order chi connectivity index (χ0) is 8.04. The van der Waals surface area contributed by atoms with Gasteiger partial charge in [-0.3, -0.25) is 0 Å². The molecule has 0 aromatic heterocycles. The topological polar surface area (TPSA) is 20.2 Å². The molecule has 0 aliphatic heterocycles. The first kappa shape index (κ1) is 13.5. The van der Waals surface area contributed by atoms with Crippen molar-refractivity contribution in [3.63, 3.8) is 0 Å². The number of hydrogen-bond donors (Lipinski definition) is 1. The highest BCUT2D eigenvalue weighted by molar-refractivity contribution is 4.64. The molecule has 0 aromatic carbocycles. The van der Waals surface area contributed by atoms with E-state index in [1.807, 2.05) is 6.08 Å². The predicted octanol–water partition coefficient (Wildman–Crippen LogP) is -2.36. The van der Waals surface area contributed by atoms with Gasteiger partial charge in [-0.25, -0.2) is 0 Å². The molecule has 0 atom stereocenters. The van der Waals surface area contributed by atoms with Crippen molar-refractivity contribution >= 4 is 0 Å². The second-order valence-corrected chi connectivity index (χ2v) is 3.18. The van der Waals surface area contributed by atoms with E-state index < -0.39 is 0 Å². The van der Waals surface area contributed by atoms with Gasteiger partial charge in [-0.15, -0.1) is 6.58 Å². The summed E-state index contributed by atoms with van der Waals surface area (Å²) in [4.78, 5) is 0. The van der Waals surface area contributed by atoms with Crippen LogP contribution in [-0.2, 0) is 0 Å². The average Bonchev–Trinajstić information content (AvgIpc) is 1.84. The van der Waals surface area contributed by atoms with E-state index in [4.69, 9.17) is 5.11 Å². The van der Waals surface area contributed by atoms with E-state index >= 15 is 0 Å². The van der Waals surface area contributed by atoms with Gasteiger partial charge in [0.25, 0.3) is 0 Å². The number of likely N-dealkylation sites (N-methyl/N-ethyl adjacent to an activating group) is 1. The lowest BCUT2D eigenvalue weighted by molar-refractivity contribution is -0.890. The molecule has 0 bridgehead atoms. The third-order valence-corrected chi connectivity index (χ3v) is 1.64. The highest BCUT2D eigenvalue weighted by Gasteiger charge is 2.11. The van der Waals surface area contributed by atoms with Gasteiger partial charge in [0.15, 0.2) is 0 Å². The maximum absolute atomic E-state index is 8.66. The van der Waals surface area contributed by atoms with Crippen LogP contribution in [0.25, 0.3) is 0 Å². The largest absolute Gasteiger partial charge is 1.00 e. The Morgan fingerprint density at radius 2 is 1.91 bits per heavy atom. The lowest BCUT2D eigenvalue weighted by Crippen LogP contribution is -3.00. The molecule has 0 aromatic rings. The quantitative estimate of drug-likeness (QED) is 0.370. The number of nitrogens with zero attached hydrogens (tertiary/aromatic N) is 1. The Kier molecular flexibility index (Phi) is 8.18. The maximum atomic E-state index is 8.66. The van der Waals surface area contributed by atoms with Crippen LogP contribution in [0, 0.1) is 0 Å². The summed E-state index contributed by atoms with van der Waals surface area (Å²) in [6, 6.07) is 0. The smallest absolute Gasteiger partial charge is 0.102 e. The maximum Gasteiger partial charge on any atom is 0.102 e. The molecule has 0 aliphatic carbocycles. The number of aliphatic hydroxyl groups excluding tert-OH is 1. The minimum absolute atomic E-state index is 0. The van der Waals surface area contributed by atoms with Crippen LogP contribution in [-0.4, -0.2) is 43.4 Å². The molecule has 0 fully saturated rings. The highest BCUT2D eigenvalue weighted by Crippen LogP contribution is 1.97. The lowest BCUT2D eigenvalue weighted by atomic mass is 10.3. The molecule has 2 nitrogen and oxygen atoms in total. The fourth-order valence-electron chi connectivity index (χ4n) is 0.823. The van der Waals surface area contributed by atoms with Gasteiger partial charge in [0.05, 0.1) is 27.2 Å². The van der Waals surface area contributed by atoms with Crippen LogP contribution in [0.3, 0.4) is 0 Å². The summed E-state index contributed by atoms with van der Waals surface area (Å²) in [5.41, 5.74) is 0. The number of rotatable bonds is 5. The molecule has 0 aliphatic rings. The van der Waals surface area contributed by atoms with E-state index in [1.165, 1.54) is 0 Å². The number of quaternary nitrogens is 1. The van der Waals surface area contributed by atoms with Gasteiger partial charge < -0.3 is 22.0 Å². The minimum Gasteiger partial charge on any atom is -1.00 e. The van der Waals surface area contributed by atoms with Crippen molar-refractivity contribution in [3.05, 3.63) is 12.7 Å². The second-order valence-electron chi connectivity index (χ2n) is 3.18. The van der Waals surface area contributed by atoms with E-state index in [1.54, 1.807) is 0 Å². The van der Waals surface area contributed by atoms with E-state index in [-0.39, 0.29) is 19.0 Å². The van der Waals surface area contributed by atoms with E-state index in [9.17, 15) is 0 Å². The Morgan fingerprint density at radius 1 is 1.36 bits per heavy atom. The van der Waals surface area contributed by atoms with Crippen LogP contribution >= 0.6 is 0 Å². The first-order valence-corrected chi connectivity index (χ1v) is 3.66. The SMILES string of the molecule is C=CCC[N+](C)(C)CCO.[Cl-]. The Bertz CT molecular complexity index is 104. The van der Waals surface area contributed by atoms with Crippen LogP contribution in [0.5, 0.6) is 0 Å². The average molecular weight is 180 g/mol. The van der Waals surface area contributed by atoms with Crippen LogP contribution < -0.4 is 12.4 Å². The van der Waals surface area contributed by atoms with Gasteiger partial charge in [0.2, 0.25) is 0 Å². The summed E-state index contributed by atoms with van der Waals surface area (Å²) >= 11 is 0. The molecule has 0 rings (SSSR count). The van der Waals surface area contributed by atoms with Crippen molar-refractivity contribution in [3.8, 4) is 0 Å². The first-order valence-electron chi connectivity index (χ1n) is 3.66. The zero-order valence-corrected chi connectivity index (χ0v) is 8.14. The molecule has 0 heterocycles. The molecule has 0 saturated heterocycles. The summed E-state index contributed by atoms with van der Waals surface area (Å²) in [6.07, 6.45) is 2.93. The van der Waals surface area contributed by atoms with Crippen molar-refractivity contribution in [1.82, 2.24) is 0 Å². The van der Waals surface area contributed by atoms with Crippen LogP contribution in [0.2, 0.25) is 0 Å². The van der Waals surface area contributed by atoms with Gasteiger partial charge in [-0.1, -0.05) is 6.08 Å². The van der Waals surface area contributed by atoms with Crippen molar-refractivity contribution in [1.29, 1.82) is 0 Å². The fraction of sp³-hybridized carbons (Fsp3) is 0.750. The summed E-state index contributed by atoms with van der Waals surface area (Å²) in [5.74, 6) is 0. The normalized spacial score (nSPS) is 10.5. The lowest BCUT2D eigenvalue weighted by Gasteiger charge is -2.28. The Morgan fingerprint density at radius 3 is 2.27 bits per heavy atom. The monoisotopic (exact) mass is 179 g/mol. The highest BCUT2D eigenvalue weighted by atomic mass is 35.5. The first-order chi connectivity index (χ1) is 4.62. The van der Waals surface area contributed by atoms with Crippen LogP contribution in [0.4, 0.5) is 0 Å². The Labute approximate surface area is 75.5 Å². The van der Waals surface area contributed by atoms with Gasteiger partial charge in [-0.05, 0) is 0 Å². The molecule has 0 saturated carbocycles. The van der Waals surface area contributed by atoms with E-state index in [2.05, 4.69) is 20.7 Å². The van der Waals surface area contributed by atoms with Gasteiger partial charge in [0, 0.05) is 6.42 Å². The summed E-state index contributed by atoms with van der Waals surface area (Å²) in [6.45, 7) is 5.81. The molecular formula is C8H18ClNO. The number of halogens is 1. The van der Waals surface area contributed by atoms with Gasteiger partial charge >= 0.3 is 0 Å². The predicted molar refractivity (Wildman–Crippen MR) is 43.7 cm³/mol. The van der Waals surface area contributed by atoms with Crippen molar-refractivity contribution in [2.45, 2.75) is 6.42 Å². The third-order valence-electron chi connectivity index (χ3n) is 1.64. The molecule has 0 amide bonds. The summed E-state index contributed by atoms with van der Waals surface area (Å²) < 4.78 is 0.878. The van der Waals surface area contributed by atoms with Crippen molar-refractivity contribution in [2.24, 2.45) is 0 Å². The standard InChI is InChI=1S/C8H18NO.ClH/c1-4-5-6-9(2,3)7-8-10;/h4,10H,1,5-8H2,2-3H3;1H/q+1;/p-1. The van der Waals surface area contributed by atoms with Gasteiger partial charge in [-0.2, -0.15) is 0 Å². The van der Waals surface area contributed by atoms with E-state index in [0.29, 0.717) is 0 Å². The Balaban J connectivity index is 0. The molecule has 0 radical (unpaired) electrons. The molecule has 11 heavy (non-hydrogen) atoms. The van der Waals surface area contributed by atoms with E-state index in [0.717, 1.165) is 24.0 Å². The van der Waals surface area contributed by atoms with Gasteiger partial charge in [0.1, 0.15) is 6.54 Å². The second kappa shape index (κ2) is 6.65. The summed E-state index contributed by atoms with van der Waals surface area (Å²) in [5, 5.41) is 8.66. The molecular weight excluding hydrogens is 162 g/mol.